The van der Waals surface area contributed by atoms with E-state index in [1.807, 2.05) is 20.8 Å². The van der Waals surface area contributed by atoms with Crippen LogP contribution in [0.1, 0.15) is 50.4 Å². The second kappa shape index (κ2) is 13.3. The van der Waals surface area contributed by atoms with Crippen LogP contribution in [0, 0.1) is 12.8 Å². The molecule has 3 rings (SSSR count). The Morgan fingerprint density at radius 3 is 2.31 bits per heavy atom. The van der Waals surface area contributed by atoms with Crippen LogP contribution in [0.25, 0.3) is 5.76 Å². The van der Waals surface area contributed by atoms with Crippen molar-refractivity contribution < 1.29 is 29.0 Å². The first kappa shape index (κ1) is 29.7. The zero-order valence-corrected chi connectivity index (χ0v) is 23.4. The lowest BCUT2D eigenvalue weighted by Gasteiger charge is -2.28. The van der Waals surface area contributed by atoms with Crippen LogP contribution < -0.4 is 15.2 Å². The van der Waals surface area contributed by atoms with E-state index in [-0.39, 0.29) is 17.9 Å². The van der Waals surface area contributed by atoms with Gasteiger partial charge in [0, 0.05) is 18.7 Å². The number of ether oxygens (including phenoxy) is 2. The first-order valence-corrected chi connectivity index (χ1v) is 13.3. The van der Waals surface area contributed by atoms with Crippen LogP contribution in [0.3, 0.4) is 0 Å². The van der Waals surface area contributed by atoms with E-state index in [1.165, 1.54) is 4.90 Å². The lowest BCUT2D eigenvalue weighted by Crippen LogP contribution is -2.38. The number of likely N-dealkylation sites (tertiary alicyclic amines) is 1. The number of hydrogen-bond donors (Lipinski definition) is 2. The van der Waals surface area contributed by atoms with Crippen LogP contribution >= 0.6 is 0 Å². The number of benzene rings is 2. The third kappa shape index (κ3) is 7.17. The number of aliphatic hydroxyl groups excluding tert-OH is 1. The average molecular weight is 538 g/mol. The SMILES string of the molecule is CCN(CC)CCN1C(=O)C(=O)/C(=C(/O)c2ccc(OCC(C)C)c(C)c2)C1c1ccc(OCC(N)=O)cc1. The van der Waals surface area contributed by atoms with E-state index in [9.17, 15) is 19.5 Å². The first-order chi connectivity index (χ1) is 18.6. The standard InChI is InChI=1S/C30H39N3O6/c1-6-32(7-2)14-15-33-27(21-8-11-23(12-9-21)38-18-25(31)34)26(29(36)30(33)37)28(35)22-10-13-24(20(5)16-22)39-17-19(3)4/h8-13,16,19,27,35H,6-7,14-15,17-18H2,1-5H3,(H2,31,34)/b28-26+. The lowest BCUT2D eigenvalue weighted by atomic mass is 9.94. The zero-order chi connectivity index (χ0) is 28.7. The molecule has 2 aromatic rings. The normalized spacial score (nSPS) is 16.8. The quantitative estimate of drug-likeness (QED) is 0.227. The maximum Gasteiger partial charge on any atom is 0.295 e. The zero-order valence-electron chi connectivity index (χ0n) is 23.4. The summed E-state index contributed by atoms with van der Waals surface area (Å²) in [6.45, 7) is 12.9. The number of hydrogen-bond acceptors (Lipinski definition) is 7. The number of ketones is 1. The Morgan fingerprint density at radius 2 is 1.74 bits per heavy atom. The number of aliphatic hydroxyl groups is 1. The molecule has 0 bridgehead atoms. The molecule has 1 unspecified atom stereocenters. The van der Waals surface area contributed by atoms with Crippen LogP contribution in [-0.4, -0.2) is 71.9 Å². The fraction of sp³-hybridized carbons (Fsp3) is 0.433. The van der Waals surface area contributed by atoms with E-state index in [0.717, 1.165) is 18.7 Å². The van der Waals surface area contributed by atoms with E-state index in [4.69, 9.17) is 15.2 Å². The summed E-state index contributed by atoms with van der Waals surface area (Å²) < 4.78 is 11.2. The van der Waals surface area contributed by atoms with Gasteiger partial charge in [0.25, 0.3) is 17.6 Å². The molecule has 0 saturated carbocycles. The van der Waals surface area contributed by atoms with Crippen molar-refractivity contribution in [3.8, 4) is 11.5 Å². The van der Waals surface area contributed by atoms with Crippen molar-refractivity contribution in [2.45, 2.75) is 40.7 Å². The number of aryl methyl sites for hydroxylation is 1. The van der Waals surface area contributed by atoms with Gasteiger partial charge in [-0.2, -0.15) is 0 Å². The number of carbonyl (C=O) groups excluding carboxylic acids is 3. The van der Waals surface area contributed by atoms with Crippen molar-refractivity contribution in [2.75, 3.05) is 39.4 Å². The van der Waals surface area contributed by atoms with Gasteiger partial charge in [-0.15, -0.1) is 0 Å². The van der Waals surface area contributed by atoms with Gasteiger partial charge in [0.2, 0.25) is 0 Å². The largest absolute Gasteiger partial charge is 0.507 e. The Morgan fingerprint density at radius 1 is 1.08 bits per heavy atom. The molecule has 2 amide bonds. The maximum absolute atomic E-state index is 13.3. The maximum atomic E-state index is 13.3. The Labute approximate surface area is 230 Å². The number of carbonyl (C=O) groups is 3. The third-order valence-electron chi connectivity index (χ3n) is 6.69. The molecule has 1 heterocycles. The van der Waals surface area contributed by atoms with E-state index in [1.54, 1.807) is 42.5 Å². The number of primary amides is 1. The molecule has 0 aliphatic carbocycles. The van der Waals surface area contributed by atoms with E-state index < -0.39 is 23.6 Å². The molecule has 1 aliphatic heterocycles. The summed E-state index contributed by atoms with van der Waals surface area (Å²) in [7, 11) is 0. The Kier molecular flexibility index (Phi) is 10.1. The molecule has 1 fully saturated rings. The molecule has 1 aliphatic rings. The third-order valence-corrected chi connectivity index (χ3v) is 6.69. The smallest absolute Gasteiger partial charge is 0.295 e. The second-order valence-corrected chi connectivity index (χ2v) is 10.0. The van der Waals surface area contributed by atoms with Gasteiger partial charge in [-0.1, -0.05) is 39.8 Å². The fourth-order valence-corrected chi connectivity index (χ4v) is 4.52. The Balaban J connectivity index is 2.03. The van der Waals surface area contributed by atoms with Crippen molar-refractivity contribution in [3.05, 3.63) is 64.7 Å². The van der Waals surface area contributed by atoms with Gasteiger partial charge in [0.1, 0.15) is 17.3 Å². The van der Waals surface area contributed by atoms with Crippen LogP contribution in [0.4, 0.5) is 0 Å². The molecule has 39 heavy (non-hydrogen) atoms. The van der Waals surface area contributed by atoms with Crippen molar-refractivity contribution in [1.82, 2.24) is 9.80 Å². The highest BCUT2D eigenvalue weighted by Gasteiger charge is 2.46. The molecule has 9 nitrogen and oxygen atoms in total. The van der Waals surface area contributed by atoms with Crippen LogP contribution in [0.15, 0.2) is 48.0 Å². The molecular weight excluding hydrogens is 498 g/mol. The number of amides is 2. The van der Waals surface area contributed by atoms with Crippen LogP contribution in [0.5, 0.6) is 11.5 Å². The van der Waals surface area contributed by atoms with Gasteiger partial charge in [-0.25, -0.2) is 0 Å². The number of nitrogens with two attached hydrogens (primary N) is 1. The second-order valence-electron chi connectivity index (χ2n) is 10.0. The predicted molar refractivity (Wildman–Crippen MR) is 149 cm³/mol. The minimum absolute atomic E-state index is 0.0283. The average Bonchev–Trinajstić information content (AvgIpc) is 3.16. The van der Waals surface area contributed by atoms with Crippen molar-refractivity contribution in [1.29, 1.82) is 0 Å². The van der Waals surface area contributed by atoms with Gasteiger partial charge in [-0.3, -0.25) is 14.4 Å². The van der Waals surface area contributed by atoms with Gasteiger partial charge in [0.15, 0.2) is 6.61 Å². The molecule has 3 N–H and O–H groups in total. The highest BCUT2D eigenvalue weighted by Crippen LogP contribution is 2.40. The van der Waals surface area contributed by atoms with E-state index >= 15 is 0 Å². The minimum atomic E-state index is -0.789. The topological polar surface area (TPSA) is 122 Å². The molecule has 0 aromatic heterocycles. The van der Waals surface area contributed by atoms with Gasteiger partial charge < -0.3 is 30.1 Å². The molecule has 9 heteroatoms. The van der Waals surface area contributed by atoms with Crippen LogP contribution in [0.2, 0.25) is 0 Å². The fourth-order valence-electron chi connectivity index (χ4n) is 4.52. The monoisotopic (exact) mass is 537 g/mol. The summed E-state index contributed by atoms with van der Waals surface area (Å²) in [5, 5.41) is 11.4. The summed E-state index contributed by atoms with van der Waals surface area (Å²) in [5.74, 6) is -0.748. The number of rotatable bonds is 13. The van der Waals surface area contributed by atoms with Crippen molar-refractivity contribution in [3.63, 3.8) is 0 Å². The summed E-state index contributed by atoms with van der Waals surface area (Å²) >= 11 is 0. The van der Waals surface area contributed by atoms with Crippen LogP contribution in [-0.2, 0) is 14.4 Å². The van der Waals surface area contributed by atoms with Gasteiger partial charge >= 0.3 is 0 Å². The summed E-state index contributed by atoms with van der Waals surface area (Å²) in [5.41, 5.74) is 7.06. The molecular formula is C30H39N3O6. The summed E-state index contributed by atoms with van der Waals surface area (Å²) in [6.07, 6.45) is 0. The Bertz CT molecular complexity index is 1220. The highest BCUT2D eigenvalue weighted by atomic mass is 16.5. The molecule has 1 atom stereocenters. The molecule has 0 spiro atoms. The van der Waals surface area contributed by atoms with Gasteiger partial charge in [-0.05, 0) is 67.4 Å². The number of Topliss-reactive ketones (excluding diaryl/α,β-unsaturated/α-hetero) is 1. The van der Waals surface area contributed by atoms with Crippen molar-refractivity contribution in [2.24, 2.45) is 11.7 Å². The van der Waals surface area contributed by atoms with E-state index in [0.29, 0.717) is 48.2 Å². The minimum Gasteiger partial charge on any atom is -0.507 e. The molecule has 0 radical (unpaired) electrons. The first-order valence-electron chi connectivity index (χ1n) is 13.3. The lowest BCUT2D eigenvalue weighted by molar-refractivity contribution is -0.140. The highest BCUT2D eigenvalue weighted by molar-refractivity contribution is 6.46. The molecule has 2 aromatic carbocycles. The molecule has 1 saturated heterocycles. The molecule has 210 valence electrons. The van der Waals surface area contributed by atoms with Crippen molar-refractivity contribution >= 4 is 23.4 Å². The summed E-state index contributed by atoms with van der Waals surface area (Å²) in [6, 6.07) is 11.2. The Hall–Kier alpha value is -3.85. The number of nitrogens with zero attached hydrogens (tertiary/aromatic N) is 2. The number of likely N-dealkylation sites (N-methyl/N-ethyl adjacent to an activating group) is 1. The predicted octanol–water partition coefficient (Wildman–Crippen LogP) is 3.66. The van der Waals surface area contributed by atoms with Gasteiger partial charge in [0.05, 0.1) is 18.2 Å². The van der Waals surface area contributed by atoms with E-state index in [2.05, 4.69) is 18.7 Å². The summed E-state index contributed by atoms with van der Waals surface area (Å²) in [4.78, 5) is 41.4.